The van der Waals surface area contributed by atoms with E-state index in [2.05, 4.69) is 0 Å². The minimum absolute atomic E-state index is 0.180. The maximum atomic E-state index is 11.2. The average Bonchev–Trinajstić information content (AvgIpc) is 2.45. The topological polar surface area (TPSA) is 86.5 Å². The maximum Gasteiger partial charge on any atom is 0.248 e. The predicted octanol–water partition coefficient (Wildman–Crippen LogP) is 1.14. The number of primary amides is 1. The predicted molar refractivity (Wildman–Crippen MR) is 73.0 cm³/mol. The van der Waals surface area contributed by atoms with Crippen molar-refractivity contribution >= 4 is 17.7 Å². The Morgan fingerprint density at radius 1 is 1.00 bits per heavy atom. The highest BCUT2D eigenvalue weighted by molar-refractivity contribution is 5.93. The zero-order valence-corrected chi connectivity index (χ0v) is 10.7. The monoisotopic (exact) mass is 269 g/mol. The Balaban J connectivity index is 2.25. The molecule has 2 rings (SSSR count). The first-order valence-corrected chi connectivity index (χ1v) is 6.00. The van der Waals surface area contributed by atoms with E-state index < -0.39 is 12.0 Å². The van der Waals surface area contributed by atoms with E-state index in [0.29, 0.717) is 11.3 Å². The number of carbonyl (C=O) groups excluding carboxylic acids is 2. The van der Waals surface area contributed by atoms with E-state index in [9.17, 15) is 14.7 Å². The van der Waals surface area contributed by atoms with Crippen LogP contribution in [0.2, 0.25) is 0 Å². The van der Waals surface area contributed by atoms with Crippen LogP contribution in [-0.4, -0.2) is 12.0 Å². The molecule has 2 aromatic rings. The van der Waals surface area contributed by atoms with E-state index in [1.807, 2.05) is 30.3 Å². The molecule has 5 nitrogen and oxygen atoms in total. The first kappa shape index (κ1) is 13.6. The summed E-state index contributed by atoms with van der Waals surface area (Å²) in [7, 11) is 0. The van der Waals surface area contributed by atoms with Gasteiger partial charge in [0.1, 0.15) is 6.09 Å². The third-order valence-corrected chi connectivity index (χ3v) is 2.87. The molecule has 5 heteroatoms. The second-order valence-electron chi connectivity index (χ2n) is 4.25. The van der Waals surface area contributed by atoms with Crippen molar-refractivity contribution in [1.82, 2.24) is 0 Å². The van der Waals surface area contributed by atoms with E-state index >= 15 is 0 Å². The molecule has 0 aliphatic rings. The summed E-state index contributed by atoms with van der Waals surface area (Å²) >= 11 is 0. The van der Waals surface area contributed by atoms with E-state index in [1.165, 1.54) is 24.3 Å². The van der Waals surface area contributed by atoms with Gasteiger partial charge in [0.05, 0.1) is 0 Å². The molecule has 102 valence electrons. The van der Waals surface area contributed by atoms with Gasteiger partial charge in [-0.1, -0.05) is 30.3 Å². The lowest BCUT2D eigenvalue weighted by atomic mass is 10.1. The van der Waals surface area contributed by atoms with Crippen LogP contribution in [0, 0.1) is 0 Å². The summed E-state index contributed by atoms with van der Waals surface area (Å²) in [5.74, 6) is -0.556. The third-order valence-electron chi connectivity index (χ3n) is 2.87. The van der Waals surface area contributed by atoms with Crippen molar-refractivity contribution < 1.29 is 14.7 Å². The van der Waals surface area contributed by atoms with Gasteiger partial charge < -0.3 is 20.5 Å². The first-order valence-electron chi connectivity index (χ1n) is 6.00. The van der Waals surface area contributed by atoms with Gasteiger partial charge in [0.25, 0.3) is 0 Å². The van der Waals surface area contributed by atoms with Crippen molar-refractivity contribution in [2.75, 3.05) is 4.90 Å². The number of nitrogens with two attached hydrogens (primary N) is 1. The number of anilines is 1. The van der Waals surface area contributed by atoms with Crippen LogP contribution in [-0.2, 0) is 6.54 Å². The Bertz CT molecular complexity index is 609. The summed E-state index contributed by atoms with van der Waals surface area (Å²) < 4.78 is 0. The highest BCUT2D eigenvalue weighted by atomic mass is 16.4. The molecule has 2 N–H and O–H groups in total. The molecule has 0 aromatic heterocycles. The van der Waals surface area contributed by atoms with Crippen LogP contribution in [0.3, 0.4) is 0 Å². The van der Waals surface area contributed by atoms with Crippen LogP contribution in [0.15, 0.2) is 54.6 Å². The van der Waals surface area contributed by atoms with Crippen LogP contribution in [0.5, 0.6) is 0 Å². The lowest BCUT2D eigenvalue weighted by molar-refractivity contribution is -0.246. The zero-order chi connectivity index (χ0) is 14.5. The van der Waals surface area contributed by atoms with Gasteiger partial charge in [0, 0.05) is 17.8 Å². The summed E-state index contributed by atoms with van der Waals surface area (Å²) in [6, 6.07) is 15.2. The fourth-order valence-electron chi connectivity index (χ4n) is 1.83. The lowest BCUT2D eigenvalue weighted by Crippen LogP contribution is -2.40. The Morgan fingerprint density at radius 2 is 1.60 bits per heavy atom. The number of rotatable bonds is 4. The molecule has 0 radical (unpaired) electrons. The molecule has 0 heterocycles. The minimum Gasteiger partial charge on any atom is -0.530 e. The van der Waals surface area contributed by atoms with Crippen molar-refractivity contribution in [3.8, 4) is 0 Å². The molecule has 0 aliphatic heterocycles. The quantitative estimate of drug-likeness (QED) is 0.902. The van der Waals surface area contributed by atoms with Gasteiger partial charge in [-0.15, -0.1) is 0 Å². The first-order chi connectivity index (χ1) is 9.58. The summed E-state index contributed by atoms with van der Waals surface area (Å²) in [5, 5.41) is 11.2. The van der Waals surface area contributed by atoms with Crippen molar-refractivity contribution in [2.24, 2.45) is 5.73 Å². The van der Waals surface area contributed by atoms with Crippen molar-refractivity contribution in [2.45, 2.75) is 6.54 Å². The van der Waals surface area contributed by atoms with Gasteiger partial charge in [0.15, 0.2) is 0 Å². The Labute approximate surface area is 116 Å². The Hall–Kier alpha value is -2.82. The smallest absolute Gasteiger partial charge is 0.248 e. The molecule has 0 saturated heterocycles. The van der Waals surface area contributed by atoms with Crippen LogP contribution < -0.4 is 15.7 Å². The molecule has 0 aliphatic carbocycles. The molecular weight excluding hydrogens is 256 g/mol. The number of nitrogens with zero attached hydrogens (tertiary/aromatic N) is 1. The van der Waals surface area contributed by atoms with Gasteiger partial charge in [-0.25, -0.2) is 0 Å². The number of amides is 2. The van der Waals surface area contributed by atoms with Crippen LogP contribution in [0.1, 0.15) is 15.9 Å². The van der Waals surface area contributed by atoms with E-state index in [0.717, 1.165) is 10.5 Å². The van der Waals surface area contributed by atoms with E-state index in [4.69, 9.17) is 5.73 Å². The number of carbonyl (C=O) groups is 2. The molecule has 0 atom stereocenters. The van der Waals surface area contributed by atoms with Crippen LogP contribution in [0.25, 0.3) is 0 Å². The number of carboxylic acid groups (broad SMARTS) is 1. The third kappa shape index (κ3) is 3.14. The number of hydrogen-bond donors (Lipinski definition) is 1. The standard InChI is InChI=1S/C15H14N2O3/c16-14(18)12-6-8-13(9-7-12)17(15(19)20)10-11-4-2-1-3-5-11/h1-9H,10H2,(H2,16,18)(H,19,20)/p-1. The summed E-state index contributed by atoms with van der Waals surface area (Å²) in [5.41, 5.74) is 6.74. The summed E-state index contributed by atoms with van der Waals surface area (Å²) in [6.45, 7) is 0.180. The SMILES string of the molecule is NC(=O)c1ccc(N(Cc2ccccc2)C(=O)[O-])cc1. The molecule has 20 heavy (non-hydrogen) atoms. The second-order valence-corrected chi connectivity index (χ2v) is 4.25. The number of benzene rings is 2. The second kappa shape index (κ2) is 5.88. The van der Waals surface area contributed by atoms with Crippen molar-refractivity contribution in [3.63, 3.8) is 0 Å². The summed E-state index contributed by atoms with van der Waals surface area (Å²) in [4.78, 5) is 23.3. The maximum absolute atomic E-state index is 11.2. The van der Waals surface area contributed by atoms with Gasteiger partial charge >= 0.3 is 0 Å². The molecule has 0 saturated carbocycles. The summed E-state index contributed by atoms with van der Waals surface area (Å²) in [6.07, 6.45) is -1.30. The Morgan fingerprint density at radius 3 is 2.10 bits per heavy atom. The molecule has 0 bridgehead atoms. The molecule has 0 spiro atoms. The normalized spacial score (nSPS) is 10.0. The van der Waals surface area contributed by atoms with E-state index in [-0.39, 0.29) is 6.54 Å². The van der Waals surface area contributed by atoms with E-state index in [1.54, 1.807) is 0 Å². The van der Waals surface area contributed by atoms with Gasteiger partial charge in [-0.2, -0.15) is 0 Å². The van der Waals surface area contributed by atoms with Gasteiger partial charge in [-0.05, 0) is 29.8 Å². The highest BCUT2D eigenvalue weighted by Gasteiger charge is 2.09. The van der Waals surface area contributed by atoms with Gasteiger partial charge in [-0.3, -0.25) is 4.79 Å². The largest absolute Gasteiger partial charge is 0.530 e. The lowest BCUT2D eigenvalue weighted by Gasteiger charge is -2.25. The van der Waals surface area contributed by atoms with Crippen LogP contribution >= 0.6 is 0 Å². The highest BCUT2D eigenvalue weighted by Crippen LogP contribution is 2.17. The number of hydrogen-bond acceptors (Lipinski definition) is 3. The zero-order valence-electron chi connectivity index (χ0n) is 10.7. The van der Waals surface area contributed by atoms with Crippen LogP contribution in [0.4, 0.5) is 10.5 Å². The fraction of sp³-hybridized carbons (Fsp3) is 0.0667. The molecular formula is C15H13N2O3-. The van der Waals surface area contributed by atoms with Crippen molar-refractivity contribution in [3.05, 3.63) is 65.7 Å². The fourth-order valence-corrected chi connectivity index (χ4v) is 1.83. The average molecular weight is 269 g/mol. The molecule has 2 aromatic carbocycles. The Kier molecular flexibility index (Phi) is 4.00. The van der Waals surface area contributed by atoms with Gasteiger partial charge in [0.2, 0.25) is 5.91 Å². The molecule has 2 amide bonds. The molecule has 0 fully saturated rings. The van der Waals surface area contributed by atoms with Crippen molar-refractivity contribution in [1.29, 1.82) is 0 Å². The molecule has 0 unspecified atom stereocenters. The minimum atomic E-state index is -1.30.